The van der Waals surface area contributed by atoms with Gasteiger partial charge in [0.15, 0.2) is 0 Å². The van der Waals surface area contributed by atoms with Crippen LogP contribution in [-0.2, 0) is 0 Å². The minimum absolute atomic E-state index is 0.136. The molecule has 0 unspecified atom stereocenters. The molecule has 1 aliphatic heterocycles. The van der Waals surface area contributed by atoms with Crippen LogP contribution in [0, 0.1) is 6.92 Å². The number of aryl methyl sites for hydroxylation is 1. The molecule has 4 nitrogen and oxygen atoms in total. The van der Waals surface area contributed by atoms with Gasteiger partial charge in [0.1, 0.15) is 5.03 Å². The molecular weight excluding hydrogens is 366 g/mol. The Hall–Kier alpha value is -2.79. The summed E-state index contributed by atoms with van der Waals surface area (Å²) in [5.41, 5.74) is 3.72. The molecule has 0 atom stereocenters. The summed E-state index contributed by atoms with van der Waals surface area (Å²) >= 11 is 1.50. The number of rotatable bonds is 5. The molecule has 1 aliphatic rings. The number of nitrogens with zero attached hydrogens (tertiary/aromatic N) is 2. The maximum Gasteiger partial charge on any atom is 0.258 e. The lowest BCUT2D eigenvalue weighted by Crippen LogP contribution is -2.18. The molecule has 0 saturated carbocycles. The van der Waals surface area contributed by atoms with Gasteiger partial charge in [-0.05, 0) is 67.8 Å². The van der Waals surface area contributed by atoms with Crippen molar-refractivity contribution < 1.29 is 4.79 Å². The van der Waals surface area contributed by atoms with Gasteiger partial charge in [-0.15, -0.1) is 0 Å². The lowest BCUT2D eigenvalue weighted by Gasteiger charge is -2.19. The third-order valence-electron chi connectivity index (χ3n) is 4.90. The molecular formula is C23H23N3OS. The van der Waals surface area contributed by atoms with Gasteiger partial charge in [-0.2, -0.15) is 0 Å². The molecule has 2 aromatic carbocycles. The number of pyridine rings is 1. The van der Waals surface area contributed by atoms with Gasteiger partial charge >= 0.3 is 0 Å². The normalized spacial score (nSPS) is 13.5. The van der Waals surface area contributed by atoms with E-state index in [2.05, 4.69) is 27.3 Å². The summed E-state index contributed by atoms with van der Waals surface area (Å²) < 4.78 is 0. The van der Waals surface area contributed by atoms with Crippen LogP contribution in [0.3, 0.4) is 0 Å². The predicted molar refractivity (Wildman–Crippen MR) is 115 cm³/mol. The average Bonchev–Trinajstić information content (AvgIpc) is 3.25. The zero-order valence-corrected chi connectivity index (χ0v) is 16.7. The largest absolute Gasteiger partial charge is 0.372 e. The number of hydrogen-bond donors (Lipinski definition) is 1. The smallest absolute Gasteiger partial charge is 0.258 e. The molecule has 4 rings (SSSR count). The van der Waals surface area contributed by atoms with Gasteiger partial charge in [0.05, 0.1) is 5.56 Å². The van der Waals surface area contributed by atoms with E-state index < -0.39 is 0 Å². The van der Waals surface area contributed by atoms with Crippen molar-refractivity contribution in [2.75, 3.05) is 23.3 Å². The molecule has 28 heavy (non-hydrogen) atoms. The molecule has 0 spiro atoms. The van der Waals surface area contributed by atoms with Crippen molar-refractivity contribution in [3.63, 3.8) is 0 Å². The first-order valence-corrected chi connectivity index (χ1v) is 10.4. The first-order valence-electron chi connectivity index (χ1n) is 9.55. The fraction of sp³-hybridized carbons (Fsp3) is 0.217. The van der Waals surface area contributed by atoms with Crippen molar-refractivity contribution >= 4 is 29.0 Å². The molecule has 1 N–H and O–H groups in total. The van der Waals surface area contributed by atoms with Crippen LogP contribution in [0.1, 0.15) is 28.8 Å². The number of hydrogen-bond acceptors (Lipinski definition) is 4. The number of nitrogens with one attached hydrogen (secondary N) is 1. The van der Waals surface area contributed by atoms with Crippen LogP contribution in [0.5, 0.6) is 0 Å². The molecule has 0 aliphatic carbocycles. The molecule has 0 bridgehead atoms. The minimum atomic E-state index is -0.136. The molecule has 1 amide bonds. The minimum Gasteiger partial charge on any atom is -0.372 e. The van der Waals surface area contributed by atoms with Crippen molar-refractivity contribution in [2.45, 2.75) is 29.7 Å². The average molecular weight is 390 g/mol. The van der Waals surface area contributed by atoms with E-state index in [1.54, 1.807) is 12.3 Å². The Bertz CT molecular complexity index is 969. The first kappa shape index (κ1) is 18.6. The van der Waals surface area contributed by atoms with Crippen LogP contribution >= 0.6 is 11.8 Å². The number of carbonyl (C=O) groups is 1. The number of carbonyl (C=O) groups excluding carboxylic acids is 1. The Morgan fingerprint density at radius 3 is 2.57 bits per heavy atom. The monoisotopic (exact) mass is 389 g/mol. The van der Waals surface area contributed by atoms with E-state index in [1.165, 1.54) is 30.3 Å². The van der Waals surface area contributed by atoms with Gasteiger partial charge in [0.2, 0.25) is 0 Å². The Kier molecular flexibility index (Phi) is 5.63. The second-order valence-electron chi connectivity index (χ2n) is 6.92. The molecule has 142 valence electrons. The zero-order valence-electron chi connectivity index (χ0n) is 15.9. The molecule has 2 heterocycles. The van der Waals surface area contributed by atoms with Gasteiger partial charge in [-0.3, -0.25) is 4.79 Å². The van der Waals surface area contributed by atoms with Crippen LogP contribution in [0.4, 0.5) is 11.4 Å². The Morgan fingerprint density at radius 2 is 1.82 bits per heavy atom. The van der Waals surface area contributed by atoms with E-state index in [4.69, 9.17) is 0 Å². The fourth-order valence-electron chi connectivity index (χ4n) is 3.39. The summed E-state index contributed by atoms with van der Waals surface area (Å²) in [7, 11) is 0. The maximum absolute atomic E-state index is 12.9. The summed E-state index contributed by atoms with van der Waals surface area (Å²) in [6, 6.07) is 19.8. The highest BCUT2D eigenvalue weighted by Gasteiger charge is 2.16. The molecule has 3 aromatic rings. The summed E-state index contributed by atoms with van der Waals surface area (Å²) in [5, 5.41) is 3.77. The van der Waals surface area contributed by atoms with Crippen molar-refractivity contribution in [1.82, 2.24) is 4.98 Å². The lowest BCUT2D eigenvalue weighted by molar-refractivity contribution is 0.102. The van der Waals surface area contributed by atoms with E-state index in [0.29, 0.717) is 10.6 Å². The van der Waals surface area contributed by atoms with E-state index >= 15 is 0 Å². The number of anilines is 2. The van der Waals surface area contributed by atoms with Crippen LogP contribution in [-0.4, -0.2) is 24.0 Å². The summed E-state index contributed by atoms with van der Waals surface area (Å²) in [4.78, 5) is 20.8. The Balaban J connectivity index is 1.52. The Labute approximate surface area is 170 Å². The van der Waals surface area contributed by atoms with Gasteiger partial charge in [-0.25, -0.2) is 4.98 Å². The molecule has 5 heteroatoms. The van der Waals surface area contributed by atoms with Crippen LogP contribution in [0.2, 0.25) is 0 Å². The SMILES string of the molecule is Cc1cc(N2CCCC2)ccc1NC(=O)c1cccnc1Sc1ccccc1. The van der Waals surface area contributed by atoms with E-state index in [1.807, 2.05) is 49.4 Å². The van der Waals surface area contributed by atoms with Gasteiger partial charge < -0.3 is 10.2 Å². The van der Waals surface area contributed by atoms with E-state index in [9.17, 15) is 4.79 Å². The number of benzene rings is 2. The van der Waals surface area contributed by atoms with Crippen molar-refractivity contribution in [3.8, 4) is 0 Å². The summed E-state index contributed by atoms with van der Waals surface area (Å²) in [6.45, 7) is 4.26. The third-order valence-corrected chi connectivity index (χ3v) is 5.93. The zero-order chi connectivity index (χ0) is 19.3. The molecule has 0 radical (unpaired) electrons. The van der Waals surface area contributed by atoms with Crippen LogP contribution in [0.15, 0.2) is 76.8 Å². The molecule has 1 saturated heterocycles. The van der Waals surface area contributed by atoms with Gasteiger partial charge in [-0.1, -0.05) is 30.0 Å². The van der Waals surface area contributed by atoms with Crippen LogP contribution in [0.25, 0.3) is 0 Å². The third kappa shape index (κ3) is 4.20. The van der Waals surface area contributed by atoms with Crippen LogP contribution < -0.4 is 10.2 Å². The van der Waals surface area contributed by atoms with Crippen molar-refractivity contribution in [2.24, 2.45) is 0 Å². The standard InChI is InChI=1S/C23H23N3OS/c1-17-16-18(26-14-5-6-15-26)11-12-21(17)25-22(27)20-10-7-13-24-23(20)28-19-8-3-2-4-9-19/h2-4,7-13,16H,5-6,14-15H2,1H3,(H,25,27). The number of aromatic nitrogens is 1. The second-order valence-corrected chi connectivity index (χ2v) is 7.98. The topological polar surface area (TPSA) is 45.2 Å². The highest BCUT2D eigenvalue weighted by molar-refractivity contribution is 7.99. The van der Waals surface area contributed by atoms with Gasteiger partial charge in [0.25, 0.3) is 5.91 Å². The lowest BCUT2D eigenvalue weighted by atomic mass is 10.1. The predicted octanol–water partition coefficient (Wildman–Crippen LogP) is 5.39. The molecule has 1 aromatic heterocycles. The quantitative estimate of drug-likeness (QED) is 0.635. The highest BCUT2D eigenvalue weighted by atomic mass is 32.2. The van der Waals surface area contributed by atoms with E-state index in [0.717, 1.165) is 29.2 Å². The summed E-state index contributed by atoms with van der Waals surface area (Å²) in [5.74, 6) is -0.136. The van der Waals surface area contributed by atoms with E-state index in [-0.39, 0.29) is 5.91 Å². The van der Waals surface area contributed by atoms with Crippen molar-refractivity contribution in [1.29, 1.82) is 0 Å². The fourth-order valence-corrected chi connectivity index (χ4v) is 4.30. The second kappa shape index (κ2) is 8.48. The molecule has 1 fully saturated rings. The highest BCUT2D eigenvalue weighted by Crippen LogP contribution is 2.30. The van der Waals surface area contributed by atoms with Gasteiger partial charge in [0, 0.05) is 35.6 Å². The van der Waals surface area contributed by atoms with Crippen molar-refractivity contribution in [3.05, 3.63) is 78.0 Å². The summed E-state index contributed by atoms with van der Waals surface area (Å²) in [6.07, 6.45) is 4.22. The Morgan fingerprint density at radius 1 is 1.04 bits per heavy atom. The number of amides is 1. The first-order chi connectivity index (χ1) is 13.7. The maximum atomic E-state index is 12.9.